The second-order valence-electron chi connectivity index (χ2n) is 5.74. The van der Waals surface area contributed by atoms with Crippen LogP contribution in [0, 0.1) is 0 Å². The highest BCUT2D eigenvalue weighted by atomic mass is 19.4. The van der Waals surface area contributed by atoms with Gasteiger partial charge in [0.1, 0.15) is 11.8 Å². The van der Waals surface area contributed by atoms with Crippen molar-refractivity contribution >= 4 is 17.9 Å². The summed E-state index contributed by atoms with van der Waals surface area (Å²) in [6.07, 6.45) is -4.48. The number of hydrazone groups is 1. The molecule has 1 aliphatic rings. The Hall–Kier alpha value is -3.09. The van der Waals surface area contributed by atoms with Crippen molar-refractivity contribution in [3.63, 3.8) is 0 Å². The van der Waals surface area contributed by atoms with Gasteiger partial charge in [0.25, 0.3) is 0 Å². The predicted molar refractivity (Wildman–Crippen MR) is 92.6 cm³/mol. The van der Waals surface area contributed by atoms with Crippen LogP contribution in [-0.4, -0.2) is 17.9 Å². The van der Waals surface area contributed by atoms with Gasteiger partial charge >= 0.3 is 12.3 Å². The molecule has 1 heterocycles. The van der Waals surface area contributed by atoms with Crippen LogP contribution >= 0.6 is 0 Å². The fourth-order valence-electron chi connectivity index (χ4n) is 2.76. The summed E-state index contributed by atoms with van der Waals surface area (Å²) in [7, 11) is 0. The monoisotopic (exact) mass is 360 g/mol. The van der Waals surface area contributed by atoms with E-state index >= 15 is 0 Å². The molecule has 0 spiro atoms. The number of rotatable bonds is 3. The molecule has 26 heavy (non-hydrogen) atoms. The third kappa shape index (κ3) is 3.46. The quantitative estimate of drug-likeness (QED) is 0.851. The van der Waals surface area contributed by atoms with E-state index in [1.54, 1.807) is 37.3 Å². The summed E-state index contributed by atoms with van der Waals surface area (Å²) in [6.45, 7) is 5.19. The summed E-state index contributed by atoms with van der Waals surface area (Å²) in [5, 5.41) is 3.83. The highest BCUT2D eigenvalue weighted by Gasteiger charge is 2.35. The van der Waals surface area contributed by atoms with Crippen LogP contribution in [0.5, 0.6) is 0 Å². The van der Waals surface area contributed by atoms with E-state index in [0.717, 1.165) is 11.6 Å². The number of cyclic esters (lactones) is 1. The zero-order valence-electron chi connectivity index (χ0n) is 13.8. The summed E-state index contributed by atoms with van der Waals surface area (Å²) in [6, 6.07) is 10.6. The van der Waals surface area contributed by atoms with Gasteiger partial charge in [-0.25, -0.2) is 10.2 Å². The number of amides is 1. The maximum atomic E-state index is 13.7. The van der Waals surface area contributed by atoms with E-state index in [1.165, 1.54) is 12.1 Å². The van der Waals surface area contributed by atoms with Crippen LogP contribution < -0.4 is 5.43 Å². The van der Waals surface area contributed by atoms with Crippen molar-refractivity contribution in [2.24, 2.45) is 5.10 Å². The molecule has 2 aromatic rings. The lowest BCUT2D eigenvalue weighted by molar-refractivity contribution is -0.137. The first-order chi connectivity index (χ1) is 12.3. The second kappa shape index (κ2) is 6.67. The average Bonchev–Trinajstić information content (AvgIpc) is 2.60. The Labute approximate surface area is 148 Å². The van der Waals surface area contributed by atoms with Gasteiger partial charge in [0.15, 0.2) is 0 Å². The molecule has 7 heteroatoms. The Balaban J connectivity index is 2.13. The van der Waals surface area contributed by atoms with Crippen molar-refractivity contribution in [2.75, 3.05) is 0 Å². The molecule has 0 radical (unpaired) electrons. The van der Waals surface area contributed by atoms with Gasteiger partial charge in [-0.15, -0.1) is 0 Å². The Bertz CT molecular complexity index is 904. The van der Waals surface area contributed by atoms with Crippen molar-refractivity contribution in [3.8, 4) is 11.1 Å². The summed E-state index contributed by atoms with van der Waals surface area (Å²) in [4.78, 5) is 11.1. The first kappa shape index (κ1) is 17.7. The number of halogens is 3. The Morgan fingerprint density at radius 3 is 2.62 bits per heavy atom. The molecule has 4 nitrogen and oxygen atoms in total. The van der Waals surface area contributed by atoms with Crippen LogP contribution in [-0.2, 0) is 10.9 Å². The van der Waals surface area contributed by atoms with Crippen LogP contribution in [0.3, 0.4) is 0 Å². The van der Waals surface area contributed by atoms with E-state index in [2.05, 4.69) is 17.1 Å². The molecule has 134 valence electrons. The fraction of sp³-hybridized carbons (Fsp3) is 0.158. The molecule has 0 saturated carbocycles. The number of nitrogens with one attached hydrogen (secondary N) is 1. The number of carbonyl (C=O) groups is 1. The lowest BCUT2D eigenvalue weighted by atomic mass is 9.93. The predicted octanol–water partition coefficient (Wildman–Crippen LogP) is 4.85. The molecule has 1 aliphatic heterocycles. The van der Waals surface area contributed by atoms with Crippen molar-refractivity contribution in [2.45, 2.75) is 19.2 Å². The molecule has 0 aliphatic carbocycles. The summed E-state index contributed by atoms with van der Waals surface area (Å²) in [5.74, 6) is 0. The number of ether oxygens (including phenoxy) is 1. The molecule has 0 unspecified atom stereocenters. The molecule has 1 N–H and O–H groups in total. The van der Waals surface area contributed by atoms with Crippen molar-refractivity contribution < 1.29 is 22.7 Å². The highest BCUT2D eigenvalue weighted by Crippen LogP contribution is 2.38. The lowest BCUT2D eigenvalue weighted by Gasteiger charge is -2.22. The van der Waals surface area contributed by atoms with Crippen molar-refractivity contribution in [1.82, 2.24) is 5.43 Å². The Morgan fingerprint density at radius 2 is 1.96 bits per heavy atom. The number of nitrogens with zero attached hydrogens (tertiary/aromatic N) is 1. The first-order valence-corrected chi connectivity index (χ1v) is 7.78. The zero-order valence-corrected chi connectivity index (χ0v) is 13.8. The molecule has 1 atom stereocenters. The van der Waals surface area contributed by atoms with Gasteiger partial charge in [0.05, 0.1) is 5.56 Å². The smallest absolute Gasteiger partial charge is 0.428 e. The van der Waals surface area contributed by atoms with E-state index in [1.807, 2.05) is 0 Å². The molecule has 3 rings (SSSR count). The molecule has 0 fully saturated rings. The normalized spacial score (nSPS) is 17.2. The number of benzene rings is 2. The van der Waals surface area contributed by atoms with E-state index in [-0.39, 0.29) is 16.8 Å². The van der Waals surface area contributed by atoms with E-state index < -0.39 is 23.9 Å². The third-order valence-electron chi connectivity index (χ3n) is 3.99. The van der Waals surface area contributed by atoms with Crippen LogP contribution in [0.2, 0.25) is 0 Å². The van der Waals surface area contributed by atoms with Gasteiger partial charge in [0.2, 0.25) is 0 Å². The minimum atomic E-state index is -4.56. The van der Waals surface area contributed by atoms with E-state index in [4.69, 9.17) is 4.74 Å². The van der Waals surface area contributed by atoms with Crippen LogP contribution in [0.15, 0.2) is 54.1 Å². The van der Waals surface area contributed by atoms with E-state index in [0.29, 0.717) is 5.56 Å². The summed E-state index contributed by atoms with van der Waals surface area (Å²) < 4.78 is 45.9. The van der Waals surface area contributed by atoms with Gasteiger partial charge in [-0.1, -0.05) is 43.0 Å². The van der Waals surface area contributed by atoms with Gasteiger partial charge in [-0.3, -0.25) is 0 Å². The molecule has 1 amide bonds. The Morgan fingerprint density at radius 1 is 1.19 bits per heavy atom. The summed E-state index contributed by atoms with van der Waals surface area (Å²) in [5.41, 5.74) is 2.99. The Kier molecular flexibility index (Phi) is 4.54. The maximum absolute atomic E-state index is 13.7. The minimum Gasteiger partial charge on any atom is -0.439 e. The maximum Gasteiger partial charge on any atom is 0.428 e. The molecule has 0 bridgehead atoms. The molecule has 0 saturated heterocycles. The number of alkyl halides is 3. The average molecular weight is 360 g/mol. The number of carbonyl (C=O) groups excluding carboxylic acids is 1. The largest absolute Gasteiger partial charge is 0.439 e. The fourth-order valence-corrected chi connectivity index (χ4v) is 2.76. The van der Waals surface area contributed by atoms with E-state index in [9.17, 15) is 18.0 Å². The van der Waals surface area contributed by atoms with Crippen LogP contribution in [0.25, 0.3) is 17.2 Å². The van der Waals surface area contributed by atoms with Crippen LogP contribution in [0.1, 0.15) is 23.6 Å². The van der Waals surface area contributed by atoms with Crippen LogP contribution in [0.4, 0.5) is 18.0 Å². The van der Waals surface area contributed by atoms with Gasteiger partial charge in [-0.2, -0.15) is 18.3 Å². The van der Waals surface area contributed by atoms with Gasteiger partial charge in [0, 0.05) is 5.56 Å². The molecular weight excluding hydrogens is 345 g/mol. The molecule has 0 aromatic heterocycles. The zero-order chi connectivity index (χ0) is 18.9. The van der Waals surface area contributed by atoms with Gasteiger partial charge in [-0.05, 0) is 35.7 Å². The summed E-state index contributed by atoms with van der Waals surface area (Å²) >= 11 is 0. The highest BCUT2D eigenvalue weighted by molar-refractivity contribution is 6.06. The first-order valence-electron chi connectivity index (χ1n) is 7.78. The SMILES string of the molecule is C=Cc1cccc(-c2ccc(C3=NNC(=O)O[C@H]3C)cc2C(F)(F)F)c1. The standard InChI is InChI=1S/C19H15F3N2O2/c1-3-12-5-4-6-13(9-12)15-8-7-14(10-16(15)19(20,21)22)17-11(2)26-18(25)24-23-17/h3-11H,1H2,2H3,(H,24,25)/t11-/m0/s1. The second-order valence-corrected chi connectivity index (χ2v) is 5.74. The number of hydrogen-bond donors (Lipinski definition) is 1. The number of hydrogen-bond acceptors (Lipinski definition) is 3. The van der Waals surface area contributed by atoms with Gasteiger partial charge < -0.3 is 4.74 Å². The molecule has 2 aromatic carbocycles. The van der Waals surface area contributed by atoms with Crippen molar-refractivity contribution in [3.05, 3.63) is 65.7 Å². The molecular formula is C19H15F3N2O2. The lowest BCUT2D eigenvalue weighted by Crippen LogP contribution is -2.37. The van der Waals surface area contributed by atoms with Crippen molar-refractivity contribution in [1.29, 1.82) is 0 Å². The topological polar surface area (TPSA) is 50.7 Å². The minimum absolute atomic E-state index is 0.0546. The third-order valence-corrected chi connectivity index (χ3v) is 3.99.